The Labute approximate surface area is 480 Å². The van der Waals surface area contributed by atoms with Gasteiger partial charge in [-0.25, -0.2) is 4.79 Å². The van der Waals surface area contributed by atoms with Gasteiger partial charge in [0.25, 0.3) is 11.8 Å². The van der Waals surface area contributed by atoms with Gasteiger partial charge in [-0.3, -0.25) is 33.7 Å². The summed E-state index contributed by atoms with van der Waals surface area (Å²) in [6.07, 6.45) is 2.37. The molecule has 0 saturated heterocycles. The molecule has 2 aromatic rings. The highest BCUT2D eigenvalue weighted by molar-refractivity contribution is 6.15. The number of carbonyl (C=O) groups excluding carboxylic acids is 7. The van der Waals surface area contributed by atoms with E-state index in [0.717, 1.165) is 17.1 Å². The van der Waals surface area contributed by atoms with Gasteiger partial charge in [0.1, 0.15) is 37.1 Å². The summed E-state index contributed by atoms with van der Waals surface area (Å²) in [4.78, 5) is 90.9. The van der Waals surface area contributed by atoms with Gasteiger partial charge in [0.15, 0.2) is 0 Å². The fourth-order valence-corrected chi connectivity index (χ4v) is 7.34. The van der Waals surface area contributed by atoms with E-state index in [1.807, 2.05) is 0 Å². The summed E-state index contributed by atoms with van der Waals surface area (Å²) in [5.74, 6) is -3.89. The van der Waals surface area contributed by atoms with E-state index >= 15 is 0 Å². The topological polar surface area (TPSA) is 317 Å². The molecule has 26 nitrogen and oxygen atoms in total. The Morgan fingerprint density at radius 3 is 1.38 bits per heavy atom. The van der Waals surface area contributed by atoms with Crippen LogP contribution in [0.25, 0.3) is 0 Å². The average Bonchev–Trinajstić information content (AvgIpc) is 4.05. The third-order valence-electron chi connectivity index (χ3n) is 11.6. The molecule has 0 aliphatic carbocycles. The number of nitrogens with one attached hydrogen (secondary N) is 4. The summed E-state index contributed by atoms with van der Waals surface area (Å²) in [6, 6.07) is 8.86. The van der Waals surface area contributed by atoms with Crippen LogP contribution in [0.3, 0.4) is 0 Å². The predicted molar refractivity (Wildman–Crippen MR) is 297 cm³/mol. The SMILES string of the molecule is COCCOCCOCCOCCOCCOCCOCCOCCOCCOCCOCCOc1ccc(C[C@@H](C(=O)N[C@H](C(=O)NC(CCCNC(N)=O)C(=O)Nc2ccc(COC(C)=O)cc2)C(C)C)N2C(=O)C=CC2=O)cc1. The van der Waals surface area contributed by atoms with E-state index < -0.39 is 65.6 Å². The van der Waals surface area contributed by atoms with Crippen molar-refractivity contribution in [1.82, 2.24) is 20.9 Å². The maximum absolute atomic E-state index is 14.1. The van der Waals surface area contributed by atoms with E-state index in [-0.39, 0.29) is 45.6 Å². The minimum absolute atomic E-state index is 0.0467. The number of hydrogen-bond acceptors (Lipinski definition) is 20. The lowest BCUT2D eigenvalue weighted by Crippen LogP contribution is -2.59. The fraction of sp³-hybridized carbons (Fsp3) is 0.625. The number of hydrogen-bond donors (Lipinski definition) is 5. The van der Waals surface area contributed by atoms with Crippen molar-refractivity contribution >= 4 is 47.2 Å². The first-order chi connectivity index (χ1) is 39.8. The maximum Gasteiger partial charge on any atom is 0.312 e. The van der Waals surface area contributed by atoms with Crippen molar-refractivity contribution in [3.05, 3.63) is 71.8 Å². The Kier molecular flexibility index (Phi) is 38.0. The van der Waals surface area contributed by atoms with Crippen LogP contribution >= 0.6 is 0 Å². The molecular formula is C56H86N6O20. The average molecular weight is 1160 g/mol. The molecule has 0 bridgehead atoms. The first kappa shape index (κ1) is 70.1. The zero-order valence-electron chi connectivity index (χ0n) is 47.9. The first-order valence-electron chi connectivity index (χ1n) is 27.5. The van der Waals surface area contributed by atoms with E-state index in [1.54, 1.807) is 69.5 Å². The molecule has 0 radical (unpaired) electrons. The number of benzene rings is 2. The Balaban J connectivity index is 1.28. The van der Waals surface area contributed by atoms with E-state index in [1.165, 1.54) is 6.92 Å². The van der Waals surface area contributed by atoms with Crippen molar-refractivity contribution in [2.45, 2.75) is 64.8 Å². The molecule has 1 aliphatic heterocycles. The van der Waals surface area contributed by atoms with E-state index in [0.29, 0.717) is 155 Å². The van der Waals surface area contributed by atoms with Gasteiger partial charge < -0.3 is 88.6 Å². The number of anilines is 1. The summed E-state index contributed by atoms with van der Waals surface area (Å²) in [6.45, 7) is 14.6. The molecule has 0 spiro atoms. The number of esters is 1. The van der Waals surface area contributed by atoms with Crippen molar-refractivity contribution in [3.8, 4) is 5.75 Å². The predicted octanol–water partition coefficient (Wildman–Crippen LogP) is 1.49. The molecule has 2 aromatic carbocycles. The van der Waals surface area contributed by atoms with Gasteiger partial charge >= 0.3 is 12.0 Å². The second-order valence-corrected chi connectivity index (χ2v) is 18.4. The lowest BCUT2D eigenvalue weighted by Gasteiger charge is -2.30. The van der Waals surface area contributed by atoms with Gasteiger partial charge in [-0.15, -0.1) is 0 Å². The number of nitrogens with zero attached hydrogens (tertiary/aromatic N) is 1. The minimum atomic E-state index is -1.35. The zero-order valence-corrected chi connectivity index (χ0v) is 47.9. The minimum Gasteiger partial charge on any atom is -0.491 e. The molecule has 82 heavy (non-hydrogen) atoms. The number of nitrogens with two attached hydrogens (primary N) is 1. The normalized spacial score (nSPS) is 13.3. The lowest BCUT2D eigenvalue weighted by molar-refractivity contribution is -0.146. The van der Waals surface area contributed by atoms with Crippen LogP contribution < -0.4 is 31.7 Å². The number of methoxy groups -OCH3 is 1. The van der Waals surface area contributed by atoms with Gasteiger partial charge in [0, 0.05) is 44.8 Å². The summed E-state index contributed by atoms with van der Waals surface area (Å²) < 4.78 is 70.6. The second kappa shape index (κ2) is 44.4. The van der Waals surface area contributed by atoms with Crippen LogP contribution in [-0.2, 0) is 98.6 Å². The van der Waals surface area contributed by atoms with Crippen molar-refractivity contribution in [2.24, 2.45) is 11.7 Å². The molecule has 3 atom stereocenters. The Morgan fingerprint density at radius 2 is 0.963 bits per heavy atom. The molecule has 6 N–H and O–H groups in total. The summed E-state index contributed by atoms with van der Waals surface area (Å²) >= 11 is 0. The maximum atomic E-state index is 14.1. The van der Waals surface area contributed by atoms with Crippen LogP contribution in [0.4, 0.5) is 10.5 Å². The zero-order chi connectivity index (χ0) is 59.4. The molecule has 3 rings (SSSR count). The van der Waals surface area contributed by atoms with Crippen molar-refractivity contribution in [1.29, 1.82) is 0 Å². The summed E-state index contributed by atoms with van der Waals surface area (Å²) in [7, 11) is 1.63. The molecule has 0 fully saturated rings. The van der Waals surface area contributed by atoms with Crippen LogP contribution in [0.1, 0.15) is 44.7 Å². The molecule has 1 heterocycles. The van der Waals surface area contributed by atoms with Crippen LogP contribution in [0.15, 0.2) is 60.7 Å². The second-order valence-electron chi connectivity index (χ2n) is 18.4. The smallest absolute Gasteiger partial charge is 0.312 e. The number of carbonyl (C=O) groups is 7. The number of urea groups is 1. The summed E-state index contributed by atoms with van der Waals surface area (Å²) in [5.41, 5.74) is 6.87. The van der Waals surface area contributed by atoms with Gasteiger partial charge in [-0.2, -0.15) is 0 Å². The third kappa shape index (κ3) is 32.5. The van der Waals surface area contributed by atoms with Crippen molar-refractivity contribution < 1.29 is 95.1 Å². The van der Waals surface area contributed by atoms with Gasteiger partial charge in [0.05, 0.1) is 139 Å². The van der Waals surface area contributed by atoms with Crippen LogP contribution in [0, 0.1) is 5.92 Å². The van der Waals surface area contributed by atoms with Gasteiger partial charge in [-0.1, -0.05) is 38.1 Å². The number of primary amides is 1. The number of amides is 7. The molecule has 460 valence electrons. The summed E-state index contributed by atoms with van der Waals surface area (Å²) in [5, 5.41) is 10.6. The number of ether oxygens (including phenoxy) is 13. The van der Waals surface area contributed by atoms with Gasteiger partial charge in [-0.05, 0) is 54.2 Å². The standard InChI is InChI=1S/C56H86N6O20/c1-42(2)52(55(68)60-48(6-5-17-58-56(57)69)53(66)59-46-11-7-45(8-12-46)41-82-43(3)63)61-54(67)49(62-50(64)15-16-51(62)65)40-44-9-13-47(14-10-44)81-39-38-80-37-36-79-35-34-78-33-32-77-31-30-76-29-28-75-27-26-74-25-24-73-23-22-72-21-20-71-19-18-70-4/h7-16,42,48-49,52H,5-6,17-41H2,1-4H3,(H,59,66)(H,60,68)(H,61,67)(H3,57,58,69)/t48?,49-,52-/m0/s1. The molecule has 7 amide bonds. The molecule has 26 heteroatoms. The monoisotopic (exact) mass is 1160 g/mol. The van der Waals surface area contributed by atoms with E-state index in [4.69, 9.17) is 67.3 Å². The highest BCUT2D eigenvalue weighted by Crippen LogP contribution is 2.19. The van der Waals surface area contributed by atoms with Crippen LogP contribution in [-0.4, -0.2) is 224 Å². The highest BCUT2D eigenvalue weighted by Gasteiger charge is 2.38. The first-order valence-corrected chi connectivity index (χ1v) is 27.5. The van der Waals surface area contributed by atoms with Gasteiger partial charge in [0.2, 0.25) is 17.7 Å². The number of rotatable bonds is 50. The molecule has 1 unspecified atom stereocenters. The molecular weight excluding hydrogens is 1080 g/mol. The highest BCUT2D eigenvalue weighted by atomic mass is 16.6. The molecule has 1 aliphatic rings. The third-order valence-corrected chi connectivity index (χ3v) is 11.6. The fourth-order valence-electron chi connectivity index (χ4n) is 7.34. The lowest BCUT2D eigenvalue weighted by atomic mass is 9.99. The number of imide groups is 1. The van der Waals surface area contributed by atoms with E-state index in [9.17, 15) is 33.6 Å². The van der Waals surface area contributed by atoms with Crippen molar-refractivity contribution in [2.75, 3.05) is 164 Å². The Morgan fingerprint density at radius 1 is 0.537 bits per heavy atom. The quantitative estimate of drug-likeness (QED) is 0.0356. The molecule has 0 aromatic heterocycles. The van der Waals surface area contributed by atoms with Crippen LogP contribution in [0.2, 0.25) is 0 Å². The molecule has 0 saturated carbocycles. The van der Waals surface area contributed by atoms with Crippen LogP contribution in [0.5, 0.6) is 5.75 Å². The van der Waals surface area contributed by atoms with E-state index in [2.05, 4.69) is 21.3 Å². The van der Waals surface area contributed by atoms with Crippen molar-refractivity contribution in [3.63, 3.8) is 0 Å². The Hall–Kier alpha value is -6.17. The largest absolute Gasteiger partial charge is 0.491 e. The Bertz CT molecular complexity index is 2140.